The summed E-state index contributed by atoms with van der Waals surface area (Å²) in [6, 6.07) is 9.23. The van der Waals surface area contributed by atoms with Crippen molar-refractivity contribution in [2.75, 3.05) is 17.1 Å². The third kappa shape index (κ3) is 4.44. The molecule has 0 radical (unpaired) electrons. The predicted molar refractivity (Wildman–Crippen MR) is 91.2 cm³/mol. The van der Waals surface area contributed by atoms with Crippen LogP contribution in [0.4, 0.5) is 17.1 Å². The van der Waals surface area contributed by atoms with Crippen LogP contribution in [0, 0.1) is 10.1 Å². The van der Waals surface area contributed by atoms with E-state index >= 15 is 0 Å². The Morgan fingerprint density at radius 2 is 1.72 bits per heavy atom. The van der Waals surface area contributed by atoms with Crippen molar-refractivity contribution in [3.63, 3.8) is 0 Å². The first-order valence-corrected chi connectivity index (χ1v) is 8.44. The lowest BCUT2D eigenvalue weighted by atomic mass is 10.3. The number of hydrogen-bond donors (Lipinski definition) is 2. The highest BCUT2D eigenvalue weighted by molar-refractivity contribution is 7.92. The molecular formula is C15H15N3O6S. The SMILES string of the molecule is COc1ccc([N+](=O)[O-])cc1S(=O)(=O)Nc1ccc(NC(C)=O)cc1. The number of carbonyl (C=O) groups is 1. The van der Waals surface area contributed by atoms with Crippen LogP contribution < -0.4 is 14.8 Å². The number of nitro benzene ring substituents is 1. The van der Waals surface area contributed by atoms with E-state index in [1.165, 1.54) is 44.4 Å². The number of rotatable bonds is 6. The molecule has 2 aromatic rings. The van der Waals surface area contributed by atoms with Crippen molar-refractivity contribution in [3.05, 3.63) is 52.6 Å². The summed E-state index contributed by atoms with van der Waals surface area (Å²) in [6.45, 7) is 1.35. The van der Waals surface area contributed by atoms with Crippen LogP contribution in [0.3, 0.4) is 0 Å². The van der Waals surface area contributed by atoms with Crippen molar-refractivity contribution in [3.8, 4) is 5.75 Å². The van der Waals surface area contributed by atoms with Gasteiger partial charge >= 0.3 is 0 Å². The minimum absolute atomic E-state index is 0.0204. The van der Waals surface area contributed by atoms with Gasteiger partial charge in [0, 0.05) is 30.4 Å². The summed E-state index contributed by atoms with van der Waals surface area (Å²) >= 11 is 0. The molecule has 25 heavy (non-hydrogen) atoms. The average Bonchev–Trinajstić information content (AvgIpc) is 2.55. The van der Waals surface area contributed by atoms with Crippen LogP contribution in [-0.2, 0) is 14.8 Å². The Hall–Kier alpha value is -3.14. The minimum atomic E-state index is -4.11. The number of non-ortho nitro benzene ring substituents is 1. The van der Waals surface area contributed by atoms with E-state index in [0.717, 1.165) is 12.1 Å². The van der Waals surface area contributed by atoms with E-state index in [-0.39, 0.29) is 27.9 Å². The summed E-state index contributed by atoms with van der Waals surface area (Å²) in [5.41, 5.74) is 0.355. The Kier molecular flexibility index (Phi) is 5.22. The van der Waals surface area contributed by atoms with Crippen LogP contribution in [0.25, 0.3) is 0 Å². The number of ether oxygens (including phenoxy) is 1. The van der Waals surface area contributed by atoms with Gasteiger partial charge in [-0.2, -0.15) is 0 Å². The molecule has 0 atom stereocenters. The van der Waals surface area contributed by atoms with Crippen molar-refractivity contribution < 1.29 is 22.9 Å². The summed E-state index contributed by atoms with van der Waals surface area (Å²) in [7, 11) is -2.85. The standard InChI is InChI=1S/C15H15N3O6S/c1-10(19)16-11-3-5-12(6-4-11)17-25(22,23)15-9-13(18(20)21)7-8-14(15)24-2/h3-9,17H,1-2H3,(H,16,19). The molecule has 2 rings (SSSR count). The second-order valence-corrected chi connectivity index (χ2v) is 6.61. The first kappa shape index (κ1) is 18.2. The summed E-state index contributed by atoms with van der Waals surface area (Å²) < 4.78 is 32.4. The molecule has 132 valence electrons. The van der Waals surface area contributed by atoms with Gasteiger partial charge in [-0.3, -0.25) is 19.6 Å². The lowest BCUT2D eigenvalue weighted by molar-refractivity contribution is -0.385. The van der Waals surface area contributed by atoms with Crippen LogP contribution in [0.2, 0.25) is 0 Å². The normalized spacial score (nSPS) is 10.8. The Bertz CT molecular complexity index is 909. The van der Waals surface area contributed by atoms with Crippen LogP contribution in [0.1, 0.15) is 6.92 Å². The third-order valence-corrected chi connectivity index (χ3v) is 4.51. The molecule has 0 unspecified atom stereocenters. The molecule has 2 aromatic carbocycles. The van der Waals surface area contributed by atoms with Gasteiger partial charge in [0.2, 0.25) is 5.91 Å². The molecule has 0 spiro atoms. The lowest BCUT2D eigenvalue weighted by Crippen LogP contribution is -2.14. The molecule has 0 aliphatic heterocycles. The van der Waals surface area contributed by atoms with E-state index in [0.29, 0.717) is 5.69 Å². The van der Waals surface area contributed by atoms with E-state index in [4.69, 9.17) is 4.74 Å². The maximum absolute atomic E-state index is 12.5. The molecule has 0 saturated carbocycles. The summed E-state index contributed by atoms with van der Waals surface area (Å²) in [5.74, 6) is -0.275. The van der Waals surface area contributed by atoms with Crippen LogP contribution in [0.15, 0.2) is 47.4 Å². The number of benzene rings is 2. The van der Waals surface area contributed by atoms with Gasteiger partial charge in [0.1, 0.15) is 10.6 Å². The van der Waals surface area contributed by atoms with Crippen molar-refractivity contribution in [2.24, 2.45) is 0 Å². The quantitative estimate of drug-likeness (QED) is 0.597. The van der Waals surface area contributed by atoms with E-state index in [1.807, 2.05) is 0 Å². The zero-order valence-electron chi connectivity index (χ0n) is 13.3. The molecule has 0 aliphatic rings. The molecule has 0 fully saturated rings. The van der Waals surface area contributed by atoms with Crippen molar-refractivity contribution in [1.82, 2.24) is 0 Å². The Morgan fingerprint density at radius 1 is 1.12 bits per heavy atom. The molecule has 0 aliphatic carbocycles. The Morgan fingerprint density at radius 3 is 2.24 bits per heavy atom. The summed E-state index contributed by atoms with van der Waals surface area (Å²) in [5, 5.41) is 13.4. The first-order chi connectivity index (χ1) is 11.7. The van der Waals surface area contributed by atoms with Gasteiger partial charge in [-0.1, -0.05) is 0 Å². The van der Waals surface area contributed by atoms with Gasteiger partial charge in [-0.05, 0) is 30.3 Å². The minimum Gasteiger partial charge on any atom is -0.495 e. The number of methoxy groups -OCH3 is 1. The van der Waals surface area contributed by atoms with E-state index < -0.39 is 14.9 Å². The molecule has 9 nitrogen and oxygen atoms in total. The fraction of sp³-hybridized carbons (Fsp3) is 0.133. The number of sulfonamides is 1. The molecule has 0 saturated heterocycles. The number of amides is 1. The second kappa shape index (κ2) is 7.18. The molecule has 0 heterocycles. The molecule has 0 aromatic heterocycles. The number of anilines is 2. The molecule has 2 N–H and O–H groups in total. The van der Waals surface area contributed by atoms with Crippen molar-refractivity contribution >= 4 is 33.0 Å². The second-order valence-electron chi connectivity index (χ2n) is 4.96. The number of nitrogens with one attached hydrogen (secondary N) is 2. The van der Waals surface area contributed by atoms with Gasteiger partial charge in [0.05, 0.1) is 12.0 Å². The predicted octanol–water partition coefficient (Wildman–Crippen LogP) is 2.36. The number of carbonyl (C=O) groups excluding carboxylic acids is 1. The molecule has 1 amide bonds. The maximum Gasteiger partial charge on any atom is 0.271 e. The topological polar surface area (TPSA) is 128 Å². The smallest absolute Gasteiger partial charge is 0.271 e. The van der Waals surface area contributed by atoms with E-state index in [9.17, 15) is 23.3 Å². The Labute approximate surface area is 143 Å². The monoisotopic (exact) mass is 365 g/mol. The molecule has 10 heteroatoms. The number of nitro groups is 1. The van der Waals surface area contributed by atoms with Crippen molar-refractivity contribution in [2.45, 2.75) is 11.8 Å². The van der Waals surface area contributed by atoms with Crippen LogP contribution >= 0.6 is 0 Å². The third-order valence-electron chi connectivity index (χ3n) is 3.11. The van der Waals surface area contributed by atoms with Gasteiger partial charge in [0.15, 0.2) is 0 Å². The zero-order chi connectivity index (χ0) is 18.6. The van der Waals surface area contributed by atoms with Gasteiger partial charge < -0.3 is 10.1 Å². The average molecular weight is 365 g/mol. The van der Waals surface area contributed by atoms with E-state index in [1.54, 1.807) is 0 Å². The fourth-order valence-corrected chi connectivity index (χ4v) is 3.27. The highest BCUT2D eigenvalue weighted by atomic mass is 32.2. The van der Waals surface area contributed by atoms with E-state index in [2.05, 4.69) is 10.0 Å². The first-order valence-electron chi connectivity index (χ1n) is 6.96. The Balaban J connectivity index is 2.34. The highest BCUT2D eigenvalue weighted by Gasteiger charge is 2.23. The van der Waals surface area contributed by atoms with Gasteiger partial charge in [-0.25, -0.2) is 8.42 Å². The van der Waals surface area contributed by atoms with Gasteiger partial charge in [-0.15, -0.1) is 0 Å². The molecular weight excluding hydrogens is 350 g/mol. The number of hydrogen-bond acceptors (Lipinski definition) is 6. The van der Waals surface area contributed by atoms with Crippen LogP contribution in [0.5, 0.6) is 5.75 Å². The number of nitrogens with zero attached hydrogens (tertiary/aromatic N) is 1. The lowest BCUT2D eigenvalue weighted by Gasteiger charge is -2.12. The van der Waals surface area contributed by atoms with Gasteiger partial charge in [0.25, 0.3) is 15.7 Å². The maximum atomic E-state index is 12.5. The largest absolute Gasteiger partial charge is 0.495 e. The van der Waals surface area contributed by atoms with Crippen LogP contribution in [-0.4, -0.2) is 26.4 Å². The molecule has 0 bridgehead atoms. The zero-order valence-corrected chi connectivity index (χ0v) is 14.2. The summed E-state index contributed by atoms with van der Waals surface area (Å²) in [6.07, 6.45) is 0. The summed E-state index contributed by atoms with van der Waals surface area (Å²) in [4.78, 5) is 20.8. The fourth-order valence-electron chi connectivity index (χ4n) is 2.02. The highest BCUT2D eigenvalue weighted by Crippen LogP contribution is 2.29. The van der Waals surface area contributed by atoms with Crippen molar-refractivity contribution in [1.29, 1.82) is 0 Å².